The maximum Gasteiger partial charge on any atom is 0.216 e. The molecule has 0 amide bonds. The molecule has 7 heteroatoms. The van der Waals surface area contributed by atoms with Crippen LogP contribution in [0.3, 0.4) is 0 Å². The van der Waals surface area contributed by atoms with E-state index >= 15 is 0 Å². The van der Waals surface area contributed by atoms with Gasteiger partial charge in [0.1, 0.15) is 0 Å². The van der Waals surface area contributed by atoms with Gasteiger partial charge in [0.2, 0.25) is 5.88 Å². The van der Waals surface area contributed by atoms with Gasteiger partial charge in [-0.2, -0.15) is 5.10 Å². The van der Waals surface area contributed by atoms with Crippen LogP contribution < -0.4 is 10.1 Å². The third-order valence-electron chi connectivity index (χ3n) is 3.36. The highest BCUT2D eigenvalue weighted by molar-refractivity contribution is 7.83. The Morgan fingerprint density at radius 3 is 2.82 bits per heavy atom. The molecule has 0 saturated heterocycles. The minimum atomic E-state index is -0.926. The number of aromatic nitrogens is 2. The Hall–Kier alpha value is -1.53. The average Bonchev–Trinajstić information content (AvgIpc) is 2.72. The van der Waals surface area contributed by atoms with Gasteiger partial charge in [-0.1, -0.05) is 11.6 Å². The summed E-state index contributed by atoms with van der Waals surface area (Å²) < 4.78 is 18.5. The summed E-state index contributed by atoms with van der Waals surface area (Å²) in [6, 6.07) is 5.66. The number of nitrogens with zero attached hydrogens (tertiary/aromatic N) is 2. The number of aryl methyl sites for hydroxylation is 2. The van der Waals surface area contributed by atoms with Crippen LogP contribution in [0.15, 0.2) is 18.2 Å². The fourth-order valence-electron chi connectivity index (χ4n) is 2.34. The van der Waals surface area contributed by atoms with Crippen molar-refractivity contribution < 1.29 is 8.95 Å². The van der Waals surface area contributed by atoms with E-state index in [9.17, 15) is 4.21 Å². The van der Waals surface area contributed by atoms with E-state index < -0.39 is 10.8 Å². The van der Waals surface area contributed by atoms with Gasteiger partial charge in [0.25, 0.3) is 0 Å². The van der Waals surface area contributed by atoms with E-state index in [1.165, 1.54) is 0 Å². The number of methoxy groups -OCH3 is 1. The van der Waals surface area contributed by atoms with Crippen LogP contribution in [0, 0.1) is 6.92 Å². The van der Waals surface area contributed by atoms with Crippen molar-refractivity contribution in [1.29, 1.82) is 0 Å². The van der Waals surface area contributed by atoms with Gasteiger partial charge in [-0.15, -0.1) is 0 Å². The summed E-state index contributed by atoms with van der Waals surface area (Å²) in [6.45, 7) is 2.55. The van der Waals surface area contributed by atoms with Gasteiger partial charge in [0.05, 0.1) is 18.4 Å². The first-order valence-electron chi connectivity index (χ1n) is 6.81. The molecule has 2 aromatic rings. The Kier molecular flexibility index (Phi) is 5.47. The molecule has 1 aromatic heterocycles. The number of ether oxygens (including phenoxy) is 1. The summed E-state index contributed by atoms with van der Waals surface area (Å²) >= 11 is 6.14. The Labute approximate surface area is 138 Å². The Morgan fingerprint density at radius 1 is 1.45 bits per heavy atom. The number of halogens is 1. The number of nitrogens with one attached hydrogen (secondary N) is 1. The molecular formula is C15H20ClN3O2S. The van der Waals surface area contributed by atoms with Crippen LogP contribution in [0.25, 0.3) is 0 Å². The first-order chi connectivity index (χ1) is 10.4. The third kappa shape index (κ3) is 3.81. The Balaban J connectivity index is 2.17. The standard InChI is InChI=1S/C15H20ClN3O2S/c1-10-13(15(21-3)19(2)18-10)8-17-12-5-6-14(16)11(7-12)9-22(4)20/h5-7,17H,8-9H2,1-4H3. The topological polar surface area (TPSA) is 56.1 Å². The van der Waals surface area contributed by atoms with E-state index in [1.54, 1.807) is 18.0 Å². The molecule has 5 nitrogen and oxygen atoms in total. The summed E-state index contributed by atoms with van der Waals surface area (Å²) in [5, 5.41) is 8.33. The van der Waals surface area contributed by atoms with Crippen LogP contribution in [0.1, 0.15) is 16.8 Å². The molecular weight excluding hydrogens is 322 g/mol. The zero-order chi connectivity index (χ0) is 16.3. The van der Waals surface area contributed by atoms with Gasteiger partial charge < -0.3 is 10.1 Å². The van der Waals surface area contributed by atoms with Crippen LogP contribution in [-0.2, 0) is 30.1 Å². The van der Waals surface area contributed by atoms with Crippen molar-refractivity contribution in [3.05, 3.63) is 40.0 Å². The zero-order valence-corrected chi connectivity index (χ0v) is 14.7. The smallest absolute Gasteiger partial charge is 0.216 e. The minimum Gasteiger partial charge on any atom is -0.481 e. The zero-order valence-electron chi connectivity index (χ0n) is 13.1. The van der Waals surface area contributed by atoms with Crippen molar-refractivity contribution in [2.45, 2.75) is 19.2 Å². The molecule has 2 rings (SSSR count). The van der Waals surface area contributed by atoms with Gasteiger partial charge in [0.15, 0.2) is 0 Å². The van der Waals surface area contributed by atoms with Crippen molar-refractivity contribution in [2.24, 2.45) is 7.05 Å². The summed E-state index contributed by atoms with van der Waals surface area (Å²) in [5.41, 5.74) is 3.74. The normalized spacial score (nSPS) is 12.2. The molecule has 1 N–H and O–H groups in total. The van der Waals surface area contributed by atoms with Crippen LogP contribution >= 0.6 is 11.6 Å². The molecule has 0 bridgehead atoms. The molecule has 1 atom stereocenters. The molecule has 0 aliphatic heterocycles. The minimum absolute atomic E-state index is 0.448. The second kappa shape index (κ2) is 7.15. The second-order valence-corrected chi connectivity index (χ2v) is 6.92. The number of hydrogen-bond donors (Lipinski definition) is 1. The number of benzene rings is 1. The predicted molar refractivity (Wildman–Crippen MR) is 91.0 cm³/mol. The van der Waals surface area contributed by atoms with Crippen LogP contribution in [0.5, 0.6) is 5.88 Å². The molecule has 0 aliphatic carbocycles. The monoisotopic (exact) mass is 341 g/mol. The largest absolute Gasteiger partial charge is 0.481 e. The van der Waals surface area contributed by atoms with E-state index in [0.29, 0.717) is 17.3 Å². The lowest BCUT2D eigenvalue weighted by molar-refractivity contribution is 0.370. The van der Waals surface area contributed by atoms with Crippen molar-refractivity contribution in [3.63, 3.8) is 0 Å². The van der Waals surface area contributed by atoms with Crippen LogP contribution in [0.4, 0.5) is 5.69 Å². The number of hydrogen-bond acceptors (Lipinski definition) is 4. The number of anilines is 1. The molecule has 0 radical (unpaired) electrons. The summed E-state index contributed by atoms with van der Waals surface area (Å²) in [4.78, 5) is 0. The molecule has 1 heterocycles. The molecule has 0 aliphatic rings. The highest BCUT2D eigenvalue weighted by atomic mass is 35.5. The van der Waals surface area contributed by atoms with Crippen molar-refractivity contribution in [3.8, 4) is 5.88 Å². The quantitative estimate of drug-likeness (QED) is 0.877. The van der Waals surface area contributed by atoms with Gasteiger partial charge in [-0.25, -0.2) is 4.68 Å². The lowest BCUT2D eigenvalue weighted by Gasteiger charge is -2.10. The summed E-state index contributed by atoms with van der Waals surface area (Å²) in [7, 11) is 2.56. The van der Waals surface area contributed by atoms with Gasteiger partial charge >= 0.3 is 0 Å². The fraction of sp³-hybridized carbons (Fsp3) is 0.400. The second-order valence-electron chi connectivity index (χ2n) is 5.07. The lowest BCUT2D eigenvalue weighted by atomic mass is 10.2. The fourth-order valence-corrected chi connectivity index (χ4v) is 3.28. The third-order valence-corrected chi connectivity index (χ3v) is 4.44. The molecule has 0 fully saturated rings. The van der Waals surface area contributed by atoms with E-state index in [1.807, 2.05) is 32.2 Å². The van der Waals surface area contributed by atoms with Gasteiger partial charge in [-0.05, 0) is 30.7 Å². The maximum absolute atomic E-state index is 11.4. The van der Waals surface area contributed by atoms with E-state index in [2.05, 4.69) is 10.4 Å². The van der Waals surface area contributed by atoms with Crippen LogP contribution in [0.2, 0.25) is 5.02 Å². The predicted octanol–water partition coefficient (Wildman–Crippen LogP) is 2.88. The average molecular weight is 342 g/mol. The first kappa shape index (κ1) is 16.8. The van der Waals surface area contributed by atoms with E-state index in [-0.39, 0.29) is 0 Å². The molecule has 120 valence electrons. The molecule has 0 spiro atoms. The van der Waals surface area contributed by atoms with Gasteiger partial charge in [-0.3, -0.25) is 4.21 Å². The lowest BCUT2D eigenvalue weighted by Crippen LogP contribution is -2.04. The van der Waals surface area contributed by atoms with Gasteiger partial charge in [0, 0.05) is 47.1 Å². The maximum atomic E-state index is 11.4. The number of rotatable bonds is 6. The molecule has 22 heavy (non-hydrogen) atoms. The molecule has 1 aromatic carbocycles. The highest BCUT2D eigenvalue weighted by Gasteiger charge is 2.13. The van der Waals surface area contributed by atoms with E-state index in [0.717, 1.165) is 28.4 Å². The highest BCUT2D eigenvalue weighted by Crippen LogP contribution is 2.25. The Bertz CT molecular complexity index is 700. The molecule has 0 saturated carbocycles. The molecule has 1 unspecified atom stereocenters. The van der Waals surface area contributed by atoms with Crippen molar-refractivity contribution in [1.82, 2.24) is 9.78 Å². The van der Waals surface area contributed by atoms with E-state index in [4.69, 9.17) is 16.3 Å². The van der Waals surface area contributed by atoms with Crippen LogP contribution in [-0.4, -0.2) is 27.4 Å². The SMILES string of the molecule is COc1c(CNc2ccc(Cl)c(CS(C)=O)c2)c(C)nn1C. The van der Waals surface area contributed by atoms with Crippen molar-refractivity contribution in [2.75, 3.05) is 18.7 Å². The Morgan fingerprint density at radius 2 is 2.18 bits per heavy atom. The van der Waals surface area contributed by atoms with Crippen molar-refractivity contribution >= 4 is 28.1 Å². The summed E-state index contributed by atoms with van der Waals surface area (Å²) in [5.74, 6) is 1.19. The first-order valence-corrected chi connectivity index (χ1v) is 8.91. The summed E-state index contributed by atoms with van der Waals surface area (Å²) in [6.07, 6.45) is 1.67.